The lowest BCUT2D eigenvalue weighted by Gasteiger charge is -2.39. The summed E-state index contributed by atoms with van der Waals surface area (Å²) >= 11 is 0. The summed E-state index contributed by atoms with van der Waals surface area (Å²) in [5, 5.41) is 0. The normalized spacial score (nSPS) is 24.4. The van der Waals surface area contributed by atoms with Gasteiger partial charge in [-0.1, -0.05) is 0 Å². The molecule has 0 radical (unpaired) electrons. The van der Waals surface area contributed by atoms with Gasteiger partial charge in [-0.15, -0.1) is 0 Å². The topological polar surface area (TPSA) is 37.8 Å². The Kier molecular flexibility index (Phi) is 5.98. The van der Waals surface area contributed by atoms with Crippen molar-refractivity contribution >= 4 is 11.5 Å². The van der Waals surface area contributed by atoms with Crippen LogP contribution in [0.15, 0.2) is 12.1 Å². The van der Waals surface area contributed by atoms with Gasteiger partial charge in [-0.25, -0.2) is 0 Å². The van der Waals surface area contributed by atoms with Crippen molar-refractivity contribution in [3.63, 3.8) is 0 Å². The molecule has 1 aromatic rings. The smallest absolute Gasteiger partial charge is 0.408 e. The van der Waals surface area contributed by atoms with Crippen molar-refractivity contribution in [3.05, 3.63) is 12.1 Å². The van der Waals surface area contributed by atoms with Crippen LogP contribution in [0, 0.1) is 0 Å². The highest BCUT2D eigenvalue weighted by molar-refractivity contribution is 5.59. The summed E-state index contributed by atoms with van der Waals surface area (Å²) in [6, 6.07) is 2.21. The Morgan fingerprint density at radius 1 is 1.11 bits per heavy atom. The van der Waals surface area contributed by atoms with Gasteiger partial charge in [-0.2, -0.15) is 18.2 Å². The highest BCUT2D eigenvalue weighted by atomic mass is 19.4. The van der Waals surface area contributed by atoms with Gasteiger partial charge < -0.3 is 19.3 Å². The number of anilines is 2. The van der Waals surface area contributed by atoms with Crippen LogP contribution in [0.2, 0.25) is 0 Å². The van der Waals surface area contributed by atoms with E-state index in [1.54, 1.807) is 6.07 Å². The third-order valence-electron chi connectivity index (χ3n) is 5.06. The van der Waals surface area contributed by atoms with Crippen LogP contribution in [0.25, 0.3) is 0 Å². The number of rotatable bonds is 3. The van der Waals surface area contributed by atoms with Gasteiger partial charge >= 0.3 is 6.18 Å². The van der Waals surface area contributed by atoms with E-state index in [0.717, 1.165) is 12.1 Å². The quantitative estimate of drug-likeness (QED) is 0.750. The van der Waals surface area contributed by atoms with E-state index in [0.29, 0.717) is 44.4 Å². The molecule has 0 saturated carbocycles. The molecule has 0 amide bonds. The van der Waals surface area contributed by atoms with Crippen LogP contribution in [-0.4, -0.2) is 55.1 Å². The number of nitrogens with zero attached hydrogens (tertiary/aromatic N) is 3. The van der Waals surface area contributed by atoms with E-state index in [-0.39, 0.29) is 12.5 Å². The molecule has 2 saturated heterocycles. The number of piperidine rings is 1. The van der Waals surface area contributed by atoms with Gasteiger partial charge in [0.1, 0.15) is 17.5 Å². The van der Waals surface area contributed by atoms with Crippen LogP contribution in [0.3, 0.4) is 0 Å². The van der Waals surface area contributed by atoms with E-state index in [4.69, 9.17) is 9.47 Å². The molecule has 2 atom stereocenters. The largest absolute Gasteiger partial charge is 0.472 e. The summed E-state index contributed by atoms with van der Waals surface area (Å²) in [6.07, 6.45) is -2.89. The zero-order valence-corrected chi connectivity index (χ0v) is 17.1. The van der Waals surface area contributed by atoms with E-state index in [1.165, 1.54) is 4.90 Å². The molecule has 2 aliphatic rings. The summed E-state index contributed by atoms with van der Waals surface area (Å²) in [6.45, 7) is 9.95. The van der Waals surface area contributed by atoms with Crippen LogP contribution in [-0.2, 0) is 4.74 Å². The molecule has 0 bridgehead atoms. The van der Waals surface area contributed by atoms with Crippen LogP contribution in [0.1, 0.15) is 47.0 Å². The second-order valence-corrected chi connectivity index (χ2v) is 8.60. The van der Waals surface area contributed by atoms with Crippen LogP contribution in [0.5, 0.6) is 5.88 Å². The Bertz CT molecular complexity index is 676. The number of ether oxygens (including phenoxy) is 2. The highest BCUT2D eigenvalue weighted by Crippen LogP contribution is 2.37. The van der Waals surface area contributed by atoms with Crippen molar-refractivity contribution in [2.45, 2.75) is 70.8 Å². The van der Waals surface area contributed by atoms with Crippen molar-refractivity contribution in [1.29, 1.82) is 0 Å². The van der Waals surface area contributed by atoms with Gasteiger partial charge in [0, 0.05) is 37.0 Å². The fourth-order valence-electron chi connectivity index (χ4n) is 3.81. The number of morpholine rings is 1. The summed E-state index contributed by atoms with van der Waals surface area (Å²) in [7, 11) is 0. The van der Waals surface area contributed by atoms with E-state index in [1.807, 2.05) is 33.8 Å². The van der Waals surface area contributed by atoms with Crippen molar-refractivity contribution in [2.24, 2.45) is 0 Å². The Hall–Kier alpha value is -1.70. The van der Waals surface area contributed by atoms with Gasteiger partial charge in [0.25, 0.3) is 0 Å². The Balaban J connectivity index is 2.01. The third kappa shape index (κ3) is 5.01. The van der Waals surface area contributed by atoms with Crippen LogP contribution in [0.4, 0.5) is 24.7 Å². The fourth-order valence-corrected chi connectivity index (χ4v) is 3.81. The molecule has 0 spiro atoms. The van der Waals surface area contributed by atoms with Gasteiger partial charge in [-0.3, -0.25) is 0 Å². The Labute approximate surface area is 164 Å². The Morgan fingerprint density at radius 2 is 1.86 bits per heavy atom. The van der Waals surface area contributed by atoms with Crippen LogP contribution >= 0.6 is 0 Å². The van der Waals surface area contributed by atoms with Gasteiger partial charge in [0.2, 0.25) is 5.88 Å². The minimum atomic E-state index is -4.28. The first-order valence-electron chi connectivity index (χ1n) is 9.93. The Morgan fingerprint density at radius 3 is 2.50 bits per heavy atom. The predicted molar refractivity (Wildman–Crippen MR) is 103 cm³/mol. The number of hydrogen-bond acceptors (Lipinski definition) is 5. The number of hydrogen-bond donors (Lipinski definition) is 0. The van der Waals surface area contributed by atoms with Gasteiger partial charge in [0.15, 0.2) is 0 Å². The minimum absolute atomic E-state index is 0.0961. The molecular weight excluding hydrogens is 371 g/mol. The number of alkyl halides is 3. The zero-order chi connectivity index (χ0) is 20.5. The molecule has 1 aromatic heterocycles. The fraction of sp³-hybridized carbons (Fsp3) is 0.750. The molecule has 0 aliphatic carbocycles. The molecule has 2 fully saturated rings. The first-order chi connectivity index (χ1) is 13.0. The molecule has 3 heterocycles. The van der Waals surface area contributed by atoms with Crippen molar-refractivity contribution in [2.75, 3.05) is 36.1 Å². The molecule has 8 heteroatoms. The van der Waals surface area contributed by atoms with Crippen molar-refractivity contribution in [3.8, 4) is 5.88 Å². The average molecular weight is 401 g/mol. The van der Waals surface area contributed by atoms with Crippen LogP contribution < -0.4 is 14.5 Å². The summed E-state index contributed by atoms with van der Waals surface area (Å²) < 4.78 is 52.4. The lowest BCUT2D eigenvalue weighted by molar-refractivity contribution is -0.152. The molecule has 0 aromatic carbocycles. The van der Waals surface area contributed by atoms with Crippen molar-refractivity contribution in [1.82, 2.24) is 4.98 Å². The molecule has 28 heavy (non-hydrogen) atoms. The maximum absolute atomic E-state index is 13.6. The minimum Gasteiger partial charge on any atom is -0.472 e. The lowest BCUT2D eigenvalue weighted by Crippen LogP contribution is -2.49. The second kappa shape index (κ2) is 7.97. The third-order valence-corrected chi connectivity index (χ3v) is 5.06. The number of pyridine rings is 1. The first kappa shape index (κ1) is 21.0. The molecule has 5 nitrogen and oxygen atoms in total. The molecular formula is C20H30F3N3O2. The highest BCUT2D eigenvalue weighted by Gasteiger charge is 2.45. The van der Waals surface area contributed by atoms with Gasteiger partial charge in [-0.05, 0) is 47.0 Å². The van der Waals surface area contributed by atoms with E-state index in [2.05, 4.69) is 9.88 Å². The average Bonchev–Trinajstić information content (AvgIpc) is 2.59. The van der Waals surface area contributed by atoms with E-state index >= 15 is 0 Å². The maximum atomic E-state index is 13.6. The first-order valence-corrected chi connectivity index (χ1v) is 9.93. The second-order valence-electron chi connectivity index (χ2n) is 8.60. The summed E-state index contributed by atoms with van der Waals surface area (Å²) in [5.41, 5.74) is 0.330. The van der Waals surface area contributed by atoms with E-state index < -0.39 is 17.8 Å². The molecule has 0 N–H and O–H groups in total. The zero-order valence-electron chi connectivity index (χ0n) is 17.1. The monoisotopic (exact) mass is 401 g/mol. The molecule has 3 rings (SSSR count). The van der Waals surface area contributed by atoms with E-state index in [9.17, 15) is 13.2 Å². The summed E-state index contributed by atoms with van der Waals surface area (Å²) in [4.78, 5) is 8.02. The predicted octanol–water partition coefficient (Wildman–Crippen LogP) is 4.41. The maximum Gasteiger partial charge on any atom is 0.408 e. The number of aromatic nitrogens is 1. The SMILES string of the molecule is CC1COCCN1c1cc(OC(C)(C)C)nc(N2CCCCC2C(F)(F)F)c1. The molecule has 158 valence electrons. The standard InChI is InChI=1S/C20H30F3N3O2/c1-14-13-27-10-9-25(14)15-11-17(24-18(12-15)28-19(2,3)4)26-8-6-5-7-16(26)20(21,22)23/h11-12,14,16H,5-10,13H2,1-4H3. The number of halogens is 3. The summed E-state index contributed by atoms with van der Waals surface area (Å²) in [5.74, 6) is 0.683. The lowest BCUT2D eigenvalue weighted by atomic mass is 10.0. The van der Waals surface area contributed by atoms with Gasteiger partial charge in [0.05, 0.1) is 13.2 Å². The molecule has 2 aliphatic heterocycles. The van der Waals surface area contributed by atoms with Crippen molar-refractivity contribution < 1.29 is 22.6 Å². The molecule has 2 unspecified atom stereocenters.